The maximum atomic E-state index is 12.1. The molecule has 0 saturated heterocycles. The predicted molar refractivity (Wildman–Crippen MR) is 82.2 cm³/mol. The predicted octanol–water partition coefficient (Wildman–Crippen LogP) is 1.92. The summed E-state index contributed by atoms with van der Waals surface area (Å²) in [5, 5.41) is 6.10. The topological polar surface area (TPSA) is 71.8 Å². The van der Waals surface area contributed by atoms with Crippen molar-refractivity contribution in [1.82, 2.24) is 19.9 Å². The molecule has 0 saturated carbocycles. The van der Waals surface area contributed by atoms with Crippen LogP contribution >= 0.6 is 0 Å². The van der Waals surface area contributed by atoms with Crippen molar-refractivity contribution in [3.05, 3.63) is 42.7 Å². The fraction of sp³-hybridized carbons (Fsp3) is 0.400. The lowest BCUT2D eigenvalue weighted by Crippen LogP contribution is -2.25. The number of carbonyl (C=O) groups is 1. The quantitative estimate of drug-likeness (QED) is 0.728. The molecule has 2 N–H and O–H groups in total. The third-order valence-corrected chi connectivity index (χ3v) is 3.12. The molecule has 0 aromatic carbocycles. The van der Waals surface area contributed by atoms with E-state index in [1.165, 1.54) is 0 Å². The fourth-order valence-electron chi connectivity index (χ4n) is 2.06. The number of nitrogens with one attached hydrogen (secondary N) is 2. The van der Waals surface area contributed by atoms with Gasteiger partial charge in [-0.3, -0.25) is 9.78 Å². The first kappa shape index (κ1) is 15.0. The summed E-state index contributed by atoms with van der Waals surface area (Å²) in [7, 11) is 0. The van der Waals surface area contributed by atoms with Gasteiger partial charge < -0.3 is 15.2 Å². The van der Waals surface area contributed by atoms with Crippen molar-refractivity contribution < 1.29 is 4.79 Å². The van der Waals surface area contributed by atoms with Crippen LogP contribution in [0, 0.1) is 0 Å². The lowest BCUT2D eigenvalue weighted by molar-refractivity contribution is 0.0953. The number of unbranched alkanes of at least 4 members (excludes halogenated alkanes) is 1. The summed E-state index contributed by atoms with van der Waals surface area (Å²) in [6.45, 7) is 4.35. The summed E-state index contributed by atoms with van der Waals surface area (Å²) < 4.78 is 2.03. The van der Waals surface area contributed by atoms with Gasteiger partial charge in [0.1, 0.15) is 0 Å². The van der Waals surface area contributed by atoms with Gasteiger partial charge in [0.2, 0.25) is 0 Å². The molecule has 6 nitrogen and oxygen atoms in total. The summed E-state index contributed by atoms with van der Waals surface area (Å²) in [4.78, 5) is 20.1. The highest BCUT2D eigenvalue weighted by atomic mass is 16.1. The molecule has 0 unspecified atom stereocenters. The molecule has 2 rings (SSSR count). The van der Waals surface area contributed by atoms with Crippen LogP contribution in [0.25, 0.3) is 0 Å². The van der Waals surface area contributed by atoms with Gasteiger partial charge in [-0.2, -0.15) is 0 Å². The minimum Gasteiger partial charge on any atom is -0.385 e. The summed E-state index contributed by atoms with van der Waals surface area (Å²) in [5.41, 5.74) is 1.41. The van der Waals surface area contributed by atoms with Crippen LogP contribution in [-0.2, 0) is 6.54 Å². The van der Waals surface area contributed by atoms with Gasteiger partial charge in [0.25, 0.3) is 5.91 Å². The molecule has 1 amide bonds. The first-order valence-corrected chi connectivity index (χ1v) is 7.23. The second-order valence-corrected chi connectivity index (χ2v) is 4.72. The highest BCUT2D eigenvalue weighted by Gasteiger charge is 2.10. The van der Waals surface area contributed by atoms with Crippen molar-refractivity contribution in [3.63, 3.8) is 0 Å². The summed E-state index contributed by atoms with van der Waals surface area (Å²) in [6, 6.07) is 1.82. The maximum absolute atomic E-state index is 12.1. The highest BCUT2D eigenvalue weighted by Crippen LogP contribution is 2.12. The van der Waals surface area contributed by atoms with Gasteiger partial charge in [-0.05, 0) is 25.8 Å². The number of rotatable bonds is 8. The van der Waals surface area contributed by atoms with E-state index in [1.54, 1.807) is 24.9 Å². The highest BCUT2D eigenvalue weighted by molar-refractivity contribution is 5.99. The first-order valence-electron chi connectivity index (χ1n) is 7.23. The van der Waals surface area contributed by atoms with Crippen molar-refractivity contribution >= 4 is 11.6 Å². The van der Waals surface area contributed by atoms with Crippen molar-refractivity contribution in [2.24, 2.45) is 0 Å². The molecule has 0 bridgehead atoms. The first-order chi connectivity index (χ1) is 10.3. The zero-order chi connectivity index (χ0) is 14.9. The lowest BCUT2D eigenvalue weighted by atomic mass is 10.2. The second kappa shape index (κ2) is 8.04. The van der Waals surface area contributed by atoms with Crippen LogP contribution in [-0.4, -0.2) is 33.5 Å². The minimum atomic E-state index is -0.0818. The Bertz CT molecular complexity index is 553. The number of hydrogen-bond acceptors (Lipinski definition) is 4. The molecule has 0 radical (unpaired) electrons. The number of aryl methyl sites for hydroxylation is 1. The van der Waals surface area contributed by atoms with Crippen molar-refractivity contribution in [1.29, 1.82) is 0 Å². The normalized spacial score (nSPS) is 10.3. The van der Waals surface area contributed by atoms with Crippen LogP contribution in [0.4, 0.5) is 5.69 Å². The number of nitrogens with zero attached hydrogens (tertiary/aromatic N) is 3. The van der Waals surface area contributed by atoms with Crippen LogP contribution < -0.4 is 10.6 Å². The monoisotopic (exact) mass is 287 g/mol. The molecule has 21 heavy (non-hydrogen) atoms. The number of aromatic nitrogens is 3. The summed E-state index contributed by atoms with van der Waals surface area (Å²) in [6.07, 6.45) is 10.7. The van der Waals surface area contributed by atoms with E-state index in [1.807, 2.05) is 23.8 Å². The van der Waals surface area contributed by atoms with Crippen molar-refractivity contribution in [2.75, 3.05) is 18.4 Å². The molecule has 2 heterocycles. The Labute approximate surface area is 124 Å². The Morgan fingerprint density at radius 3 is 2.95 bits per heavy atom. The second-order valence-electron chi connectivity index (χ2n) is 4.72. The molecule has 0 atom stereocenters. The number of anilines is 1. The van der Waals surface area contributed by atoms with E-state index < -0.39 is 0 Å². The third kappa shape index (κ3) is 4.59. The van der Waals surface area contributed by atoms with E-state index in [9.17, 15) is 4.79 Å². The van der Waals surface area contributed by atoms with Gasteiger partial charge in [-0.15, -0.1) is 0 Å². The van der Waals surface area contributed by atoms with Crippen LogP contribution in [0.15, 0.2) is 37.2 Å². The third-order valence-electron chi connectivity index (χ3n) is 3.12. The number of hydrogen-bond donors (Lipinski definition) is 2. The molecule has 2 aromatic heterocycles. The van der Waals surface area contributed by atoms with Gasteiger partial charge in [0.15, 0.2) is 0 Å². The van der Waals surface area contributed by atoms with Gasteiger partial charge in [-0.1, -0.05) is 0 Å². The number of amides is 1. The smallest absolute Gasteiger partial charge is 0.254 e. The minimum absolute atomic E-state index is 0.0818. The van der Waals surface area contributed by atoms with Crippen LogP contribution in [0.2, 0.25) is 0 Å². The van der Waals surface area contributed by atoms with Crippen LogP contribution in [0.5, 0.6) is 0 Å². The molecule has 0 aliphatic carbocycles. The molecular weight excluding hydrogens is 266 g/mol. The van der Waals surface area contributed by atoms with Crippen molar-refractivity contribution in [2.45, 2.75) is 26.3 Å². The summed E-state index contributed by atoms with van der Waals surface area (Å²) in [5.74, 6) is -0.0818. The average molecular weight is 287 g/mol. The number of imidazole rings is 1. The number of carbonyl (C=O) groups excluding carboxylic acids is 1. The lowest BCUT2D eigenvalue weighted by Gasteiger charge is -2.10. The maximum Gasteiger partial charge on any atom is 0.254 e. The number of pyridine rings is 1. The molecule has 2 aromatic rings. The van der Waals surface area contributed by atoms with Crippen LogP contribution in [0.3, 0.4) is 0 Å². The van der Waals surface area contributed by atoms with E-state index in [0.29, 0.717) is 12.1 Å². The fourth-order valence-corrected chi connectivity index (χ4v) is 2.06. The molecular formula is C15H21N5O. The Morgan fingerprint density at radius 1 is 1.29 bits per heavy atom. The van der Waals surface area contributed by atoms with Gasteiger partial charge in [-0.25, -0.2) is 4.98 Å². The molecule has 0 aliphatic rings. The van der Waals surface area contributed by atoms with Gasteiger partial charge in [0.05, 0.1) is 17.6 Å². The Kier molecular flexibility index (Phi) is 5.75. The van der Waals surface area contributed by atoms with Crippen molar-refractivity contribution in [3.8, 4) is 0 Å². The SMILES string of the molecule is CCNc1ccncc1C(=O)NCCCCn1ccnc1. The standard InChI is InChI=1S/C15H21N5O/c1-2-18-14-5-7-16-11-13(14)15(21)19-6-3-4-9-20-10-8-17-12-20/h5,7-8,10-12H,2-4,6,9H2,1H3,(H,16,18)(H,19,21). The van der Waals surface area contributed by atoms with E-state index in [-0.39, 0.29) is 5.91 Å². The molecule has 6 heteroatoms. The largest absolute Gasteiger partial charge is 0.385 e. The average Bonchev–Trinajstić information content (AvgIpc) is 3.01. The molecule has 0 fully saturated rings. The Morgan fingerprint density at radius 2 is 2.19 bits per heavy atom. The van der Waals surface area contributed by atoms with Gasteiger partial charge in [0, 0.05) is 44.4 Å². The zero-order valence-electron chi connectivity index (χ0n) is 12.2. The van der Waals surface area contributed by atoms with Crippen LogP contribution in [0.1, 0.15) is 30.1 Å². The van der Waals surface area contributed by atoms with Gasteiger partial charge >= 0.3 is 0 Å². The van der Waals surface area contributed by atoms with E-state index in [4.69, 9.17) is 0 Å². The zero-order valence-corrected chi connectivity index (χ0v) is 12.2. The Hall–Kier alpha value is -2.37. The van der Waals surface area contributed by atoms with E-state index >= 15 is 0 Å². The summed E-state index contributed by atoms with van der Waals surface area (Å²) >= 11 is 0. The molecule has 0 spiro atoms. The Balaban J connectivity index is 1.74. The molecule has 0 aliphatic heterocycles. The van der Waals surface area contributed by atoms with E-state index in [2.05, 4.69) is 20.6 Å². The molecule has 112 valence electrons. The van der Waals surface area contributed by atoms with E-state index in [0.717, 1.165) is 31.6 Å².